The summed E-state index contributed by atoms with van der Waals surface area (Å²) in [6, 6.07) is 10.1. The van der Waals surface area contributed by atoms with Gasteiger partial charge in [-0.05, 0) is 37.3 Å². The molecule has 0 aliphatic carbocycles. The highest BCUT2D eigenvalue weighted by Crippen LogP contribution is 2.19. The zero-order chi connectivity index (χ0) is 18.7. The van der Waals surface area contributed by atoms with E-state index in [0.717, 1.165) is 12.1 Å². The Morgan fingerprint density at radius 1 is 0.923 bits per heavy atom. The molecule has 5 nitrogen and oxygen atoms in total. The van der Waals surface area contributed by atoms with Crippen molar-refractivity contribution in [3.63, 3.8) is 0 Å². The molecule has 0 saturated carbocycles. The van der Waals surface area contributed by atoms with Crippen LogP contribution in [0.25, 0.3) is 0 Å². The van der Waals surface area contributed by atoms with Crippen molar-refractivity contribution in [1.29, 1.82) is 0 Å². The van der Waals surface area contributed by atoms with Gasteiger partial charge < -0.3 is 10.6 Å². The second-order valence-electron chi connectivity index (χ2n) is 5.40. The smallest absolute Gasteiger partial charge is 0.274 e. The molecule has 0 radical (unpaired) electrons. The van der Waals surface area contributed by atoms with Crippen LogP contribution in [0.5, 0.6) is 0 Å². The Morgan fingerprint density at radius 3 is 2.42 bits per heavy atom. The predicted octanol–water partition coefficient (Wildman–Crippen LogP) is 4.20. The molecule has 0 atom stereocenters. The maximum absolute atomic E-state index is 13.7. The number of nitrogens with zero attached hydrogens (tertiary/aromatic N) is 2. The number of aromatic nitrogens is 2. The normalized spacial score (nSPS) is 10.5. The number of benzene rings is 2. The van der Waals surface area contributed by atoms with Gasteiger partial charge >= 0.3 is 0 Å². The summed E-state index contributed by atoms with van der Waals surface area (Å²) in [5.74, 6) is -2.86. The maximum Gasteiger partial charge on any atom is 0.274 e. The van der Waals surface area contributed by atoms with E-state index in [1.54, 1.807) is 13.0 Å². The molecular weight excluding hydrogens is 345 g/mol. The van der Waals surface area contributed by atoms with Crippen molar-refractivity contribution >= 4 is 23.2 Å². The molecule has 0 saturated heterocycles. The second-order valence-corrected chi connectivity index (χ2v) is 5.40. The highest BCUT2D eigenvalue weighted by atomic mass is 19.1. The van der Waals surface area contributed by atoms with E-state index in [0.29, 0.717) is 11.8 Å². The number of amides is 1. The highest BCUT2D eigenvalue weighted by Gasteiger charge is 2.14. The van der Waals surface area contributed by atoms with Gasteiger partial charge in [-0.15, -0.1) is 0 Å². The fraction of sp³-hybridized carbons (Fsp3) is 0.0556. The lowest BCUT2D eigenvalue weighted by Crippen LogP contribution is -2.16. The van der Waals surface area contributed by atoms with Crippen molar-refractivity contribution in [2.75, 3.05) is 10.6 Å². The SMILES string of the molecule is Cc1cc(C(=O)Nc2ccc(F)cc2F)nc(Nc2ccccc2F)n1. The monoisotopic (exact) mass is 358 g/mol. The number of nitrogens with one attached hydrogen (secondary N) is 2. The number of carbonyl (C=O) groups excluding carboxylic acids is 1. The lowest BCUT2D eigenvalue weighted by Gasteiger charge is -2.10. The van der Waals surface area contributed by atoms with E-state index in [-0.39, 0.29) is 23.0 Å². The average Bonchev–Trinajstić information content (AvgIpc) is 2.59. The van der Waals surface area contributed by atoms with E-state index in [1.807, 2.05) is 0 Å². The number of hydrogen-bond donors (Lipinski definition) is 2. The lowest BCUT2D eigenvalue weighted by molar-refractivity contribution is 0.102. The first kappa shape index (κ1) is 17.4. The molecule has 1 amide bonds. The molecule has 0 aliphatic rings. The Balaban J connectivity index is 1.85. The van der Waals surface area contributed by atoms with Crippen LogP contribution in [0.15, 0.2) is 48.5 Å². The average molecular weight is 358 g/mol. The molecule has 2 aromatic carbocycles. The van der Waals surface area contributed by atoms with Crippen LogP contribution in [0.1, 0.15) is 16.2 Å². The first-order valence-corrected chi connectivity index (χ1v) is 7.56. The number of para-hydroxylation sites is 1. The summed E-state index contributed by atoms with van der Waals surface area (Å²) < 4.78 is 40.3. The molecule has 3 aromatic rings. The van der Waals surface area contributed by atoms with Crippen LogP contribution in [0.4, 0.5) is 30.5 Å². The van der Waals surface area contributed by atoms with Gasteiger partial charge in [0.2, 0.25) is 5.95 Å². The fourth-order valence-electron chi connectivity index (χ4n) is 2.20. The third-order valence-corrected chi connectivity index (χ3v) is 3.39. The number of hydrogen-bond acceptors (Lipinski definition) is 4. The fourth-order valence-corrected chi connectivity index (χ4v) is 2.20. The van der Waals surface area contributed by atoms with E-state index in [4.69, 9.17) is 0 Å². The van der Waals surface area contributed by atoms with Crippen LogP contribution in [0.3, 0.4) is 0 Å². The minimum Gasteiger partial charge on any atom is -0.322 e. The largest absolute Gasteiger partial charge is 0.322 e. The van der Waals surface area contributed by atoms with E-state index < -0.39 is 23.4 Å². The summed E-state index contributed by atoms with van der Waals surface area (Å²) in [7, 11) is 0. The van der Waals surface area contributed by atoms with Crippen molar-refractivity contribution in [3.05, 3.63) is 77.4 Å². The van der Waals surface area contributed by atoms with Crippen LogP contribution in [-0.2, 0) is 0 Å². The summed E-state index contributed by atoms with van der Waals surface area (Å²) in [4.78, 5) is 20.4. The third kappa shape index (κ3) is 3.97. The number of carbonyl (C=O) groups is 1. The van der Waals surface area contributed by atoms with Gasteiger partial charge in [-0.1, -0.05) is 12.1 Å². The number of rotatable bonds is 4. The summed E-state index contributed by atoms with van der Waals surface area (Å²) in [5.41, 5.74) is 0.356. The van der Waals surface area contributed by atoms with E-state index in [9.17, 15) is 18.0 Å². The Hall–Kier alpha value is -3.42. The quantitative estimate of drug-likeness (QED) is 0.734. The third-order valence-electron chi connectivity index (χ3n) is 3.39. The van der Waals surface area contributed by atoms with Gasteiger partial charge in [0.05, 0.1) is 11.4 Å². The molecule has 0 spiro atoms. The molecule has 2 N–H and O–H groups in total. The van der Waals surface area contributed by atoms with E-state index >= 15 is 0 Å². The van der Waals surface area contributed by atoms with Crippen LogP contribution >= 0.6 is 0 Å². The molecule has 0 aliphatic heterocycles. The minimum atomic E-state index is -0.908. The summed E-state index contributed by atoms with van der Waals surface area (Å²) in [6.07, 6.45) is 0. The van der Waals surface area contributed by atoms with Gasteiger partial charge in [0.1, 0.15) is 23.1 Å². The highest BCUT2D eigenvalue weighted by molar-refractivity contribution is 6.03. The summed E-state index contributed by atoms with van der Waals surface area (Å²) in [6.45, 7) is 1.63. The van der Waals surface area contributed by atoms with Gasteiger partial charge in [-0.3, -0.25) is 4.79 Å². The summed E-state index contributed by atoms with van der Waals surface area (Å²) >= 11 is 0. The zero-order valence-corrected chi connectivity index (χ0v) is 13.6. The van der Waals surface area contributed by atoms with Gasteiger partial charge in [-0.2, -0.15) is 0 Å². The minimum absolute atomic E-state index is 0.0137. The molecule has 8 heteroatoms. The number of anilines is 3. The molecule has 1 heterocycles. The Kier molecular flexibility index (Phi) is 4.83. The van der Waals surface area contributed by atoms with Crippen LogP contribution < -0.4 is 10.6 Å². The standard InChI is InChI=1S/C18H13F3N4O/c1-10-8-16(17(26)23-15-7-6-11(19)9-13(15)21)25-18(22-10)24-14-5-3-2-4-12(14)20/h2-9H,1H3,(H,23,26)(H,22,24,25). The van der Waals surface area contributed by atoms with Crippen molar-refractivity contribution in [2.24, 2.45) is 0 Å². The van der Waals surface area contributed by atoms with Gasteiger partial charge in [0.25, 0.3) is 5.91 Å². The lowest BCUT2D eigenvalue weighted by atomic mass is 10.2. The Morgan fingerprint density at radius 2 is 1.69 bits per heavy atom. The maximum atomic E-state index is 13.7. The van der Waals surface area contributed by atoms with Crippen molar-refractivity contribution in [2.45, 2.75) is 6.92 Å². The van der Waals surface area contributed by atoms with Gasteiger partial charge in [0, 0.05) is 11.8 Å². The molecule has 26 heavy (non-hydrogen) atoms. The van der Waals surface area contributed by atoms with E-state index in [1.165, 1.54) is 24.3 Å². The van der Waals surface area contributed by atoms with Gasteiger partial charge in [-0.25, -0.2) is 23.1 Å². The Labute approximate surface area is 146 Å². The van der Waals surface area contributed by atoms with E-state index in [2.05, 4.69) is 20.6 Å². The van der Waals surface area contributed by atoms with Crippen LogP contribution in [0, 0.1) is 24.4 Å². The first-order valence-electron chi connectivity index (χ1n) is 7.56. The Bertz CT molecular complexity index is 978. The summed E-state index contributed by atoms with van der Waals surface area (Å²) in [5, 5.41) is 5.00. The topological polar surface area (TPSA) is 66.9 Å². The van der Waals surface area contributed by atoms with Crippen molar-refractivity contribution < 1.29 is 18.0 Å². The molecule has 0 unspecified atom stereocenters. The molecule has 3 rings (SSSR count). The second kappa shape index (κ2) is 7.22. The van der Waals surface area contributed by atoms with Crippen LogP contribution in [0.2, 0.25) is 0 Å². The van der Waals surface area contributed by atoms with Gasteiger partial charge in [0.15, 0.2) is 0 Å². The first-order chi connectivity index (χ1) is 12.4. The van der Waals surface area contributed by atoms with Crippen molar-refractivity contribution in [3.8, 4) is 0 Å². The predicted molar refractivity (Wildman–Crippen MR) is 90.8 cm³/mol. The zero-order valence-electron chi connectivity index (χ0n) is 13.6. The number of aryl methyl sites for hydroxylation is 1. The number of halogens is 3. The molecule has 0 fully saturated rings. The van der Waals surface area contributed by atoms with Crippen molar-refractivity contribution in [1.82, 2.24) is 9.97 Å². The molecular formula is C18H13F3N4O. The molecule has 132 valence electrons. The van der Waals surface area contributed by atoms with Crippen LogP contribution in [-0.4, -0.2) is 15.9 Å². The molecule has 0 bridgehead atoms. The molecule has 1 aromatic heterocycles.